The van der Waals surface area contributed by atoms with Crippen LogP contribution in [0.1, 0.15) is 28.2 Å². The van der Waals surface area contributed by atoms with E-state index in [4.69, 9.17) is 4.74 Å². The van der Waals surface area contributed by atoms with Gasteiger partial charge in [-0.1, -0.05) is 28.1 Å². The molecule has 0 fully saturated rings. The van der Waals surface area contributed by atoms with Gasteiger partial charge in [-0.15, -0.1) is 11.8 Å². The summed E-state index contributed by atoms with van der Waals surface area (Å²) in [5.41, 5.74) is 3.89. The highest BCUT2D eigenvalue weighted by molar-refractivity contribution is 9.10. The van der Waals surface area contributed by atoms with E-state index in [9.17, 15) is 14.4 Å². The van der Waals surface area contributed by atoms with Crippen molar-refractivity contribution in [3.63, 3.8) is 0 Å². The number of esters is 1. The van der Waals surface area contributed by atoms with E-state index >= 15 is 0 Å². The fraction of sp³-hybridized carbons (Fsp3) is 0.208. The Morgan fingerprint density at radius 3 is 2.59 bits per heavy atom. The Labute approximate surface area is 198 Å². The van der Waals surface area contributed by atoms with E-state index in [1.807, 2.05) is 66.9 Å². The van der Waals surface area contributed by atoms with E-state index in [0.717, 1.165) is 32.1 Å². The molecule has 0 bridgehead atoms. The van der Waals surface area contributed by atoms with Crippen LogP contribution in [0.3, 0.4) is 0 Å². The Kier molecular flexibility index (Phi) is 6.53. The molecule has 164 valence electrons. The summed E-state index contributed by atoms with van der Waals surface area (Å²) in [5.74, 6) is -1.09. The number of rotatable bonds is 6. The van der Waals surface area contributed by atoms with Gasteiger partial charge < -0.3 is 14.6 Å². The summed E-state index contributed by atoms with van der Waals surface area (Å²) in [6.07, 6.45) is -0.101. The van der Waals surface area contributed by atoms with E-state index in [2.05, 4.69) is 21.2 Å². The molecule has 1 aromatic heterocycles. The third-order valence-corrected chi connectivity index (χ3v) is 7.04. The third kappa shape index (κ3) is 4.66. The summed E-state index contributed by atoms with van der Waals surface area (Å²) >= 11 is 4.75. The van der Waals surface area contributed by atoms with Gasteiger partial charge in [-0.05, 0) is 56.3 Å². The van der Waals surface area contributed by atoms with E-state index in [1.165, 1.54) is 11.8 Å². The minimum absolute atomic E-state index is 0.101. The lowest BCUT2D eigenvalue weighted by Gasteiger charge is -2.23. The van der Waals surface area contributed by atoms with Gasteiger partial charge in [0.2, 0.25) is 11.7 Å². The van der Waals surface area contributed by atoms with Crippen molar-refractivity contribution in [2.45, 2.75) is 30.4 Å². The van der Waals surface area contributed by atoms with E-state index in [1.54, 1.807) is 6.07 Å². The maximum absolute atomic E-state index is 12.8. The van der Waals surface area contributed by atoms with E-state index in [-0.39, 0.29) is 24.7 Å². The number of aromatic nitrogens is 1. The Morgan fingerprint density at radius 1 is 1.12 bits per heavy atom. The van der Waals surface area contributed by atoms with Crippen LogP contribution in [0.2, 0.25) is 0 Å². The second kappa shape index (κ2) is 9.34. The number of carbonyl (C=O) groups is 3. The first-order valence-corrected chi connectivity index (χ1v) is 11.7. The number of anilines is 1. The normalized spacial score (nSPS) is 15.1. The van der Waals surface area contributed by atoms with Crippen molar-refractivity contribution in [1.82, 2.24) is 4.57 Å². The van der Waals surface area contributed by atoms with Gasteiger partial charge in [0.25, 0.3) is 0 Å². The quantitative estimate of drug-likeness (QED) is 0.367. The third-order valence-electron chi connectivity index (χ3n) is 5.24. The topological polar surface area (TPSA) is 77.4 Å². The standard InChI is InChI=1S/C24H21BrN2O4S/c1-14-11-18(15(2)27(14)17-9-7-16(25)8-10-17)20(28)13-31-23(29)12-22-24(30)26-19-5-3-4-6-21(19)32-22/h3-11,22H,12-13H2,1-2H3,(H,26,30)/t22-/m0/s1. The lowest BCUT2D eigenvalue weighted by atomic mass is 10.1. The smallest absolute Gasteiger partial charge is 0.307 e. The molecule has 1 atom stereocenters. The highest BCUT2D eigenvalue weighted by atomic mass is 79.9. The number of carbonyl (C=O) groups excluding carboxylic acids is 3. The summed E-state index contributed by atoms with van der Waals surface area (Å²) in [4.78, 5) is 38.3. The number of Topliss-reactive ketones (excluding diaryl/α,β-unsaturated/α-hetero) is 1. The average Bonchev–Trinajstić information content (AvgIpc) is 3.07. The number of para-hydroxylation sites is 1. The number of fused-ring (bicyclic) bond motifs is 1. The lowest BCUT2D eigenvalue weighted by molar-refractivity contribution is -0.143. The van der Waals surface area contributed by atoms with Gasteiger partial charge in [-0.25, -0.2) is 0 Å². The molecule has 1 aliphatic heterocycles. The number of amides is 1. The first-order valence-electron chi connectivity index (χ1n) is 10.0. The molecular weight excluding hydrogens is 492 g/mol. The van der Waals surface area contributed by atoms with Crippen LogP contribution in [0.5, 0.6) is 0 Å². The second-order valence-corrected chi connectivity index (χ2v) is 9.64. The average molecular weight is 513 g/mol. The molecule has 0 saturated heterocycles. The number of ketones is 1. The molecule has 1 amide bonds. The fourth-order valence-electron chi connectivity index (χ4n) is 3.69. The number of halogens is 1. The molecule has 0 aliphatic carbocycles. The van der Waals surface area contributed by atoms with Gasteiger partial charge in [0.15, 0.2) is 6.61 Å². The van der Waals surface area contributed by atoms with Gasteiger partial charge in [-0.2, -0.15) is 0 Å². The van der Waals surface area contributed by atoms with Gasteiger partial charge in [-0.3, -0.25) is 14.4 Å². The zero-order valence-electron chi connectivity index (χ0n) is 17.6. The van der Waals surface area contributed by atoms with Crippen LogP contribution in [-0.4, -0.2) is 34.1 Å². The largest absolute Gasteiger partial charge is 0.457 e. The molecule has 0 spiro atoms. The Bertz CT molecular complexity index is 1200. The highest BCUT2D eigenvalue weighted by Crippen LogP contribution is 2.36. The number of ether oxygens (including phenoxy) is 1. The maximum atomic E-state index is 12.8. The van der Waals surface area contributed by atoms with Gasteiger partial charge in [0.05, 0.1) is 17.4 Å². The molecule has 2 aromatic carbocycles. The Balaban J connectivity index is 1.39. The van der Waals surface area contributed by atoms with Gasteiger partial charge in [0.1, 0.15) is 0 Å². The van der Waals surface area contributed by atoms with Gasteiger partial charge in [0, 0.05) is 32.0 Å². The van der Waals surface area contributed by atoms with Crippen molar-refractivity contribution in [1.29, 1.82) is 0 Å². The molecule has 0 saturated carbocycles. The first kappa shape index (κ1) is 22.4. The molecule has 3 aromatic rings. The SMILES string of the molecule is Cc1cc(C(=O)COC(=O)C[C@@H]2Sc3ccccc3NC2=O)c(C)n1-c1ccc(Br)cc1. The Hall–Kier alpha value is -2.84. The zero-order valence-corrected chi connectivity index (χ0v) is 20.0. The molecule has 0 unspecified atom stereocenters. The van der Waals surface area contributed by atoms with Crippen LogP contribution >= 0.6 is 27.7 Å². The molecule has 1 aliphatic rings. The molecule has 0 radical (unpaired) electrons. The summed E-state index contributed by atoms with van der Waals surface area (Å²) < 4.78 is 8.19. The van der Waals surface area contributed by atoms with E-state index < -0.39 is 11.2 Å². The summed E-state index contributed by atoms with van der Waals surface area (Å²) in [6.45, 7) is 3.43. The monoisotopic (exact) mass is 512 g/mol. The number of benzene rings is 2. The minimum Gasteiger partial charge on any atom is -0.457 e. The summed E-state index contributed by atoms with van der Waals surface area (Å²) in [6, 6.07) is 17.0. The molecule has 6 nitrogen and oxygen atoms in total. The molecule has 2 heterocycles. The predicted octanol–water partition coefficient (Wildman–Crippen LogP) is 5.09. The van der Waals surface area contributed by atoms with Crippen molar-refractivity contribution in [2.24, 2.45) is 0 Å². The van der Waals surface area contributed by atoms with Crippen molar-refractivity contribution in [3.05, 3.63) is 76.0 Å². The fourth-order valence-corrected chi connectivity index (χ4v) is 5.05. The molecule has 4 rings (SSSR count). The minimum atomic E-state index is -0.588. The van der Waals surface area contributed by atoms with Gasteiger partial charge >= 0.3 is 5.97 Å². The number of thioether (sulfide) groups is 1. The molecule has 8 heteroatoms. The van der Waals surface area contributed by atoms with Crippen LogP contribution < -0.4 is 5.32 Å². The molecule has 1 N–H and O–H groups in total. The number of nitrogens with zero attached hydrogens (tertiary/aromatic N) is 1. The van der Waals surface area contributed by atoms with Crippen LogP contribution in [-0.2, 0) is 14.3 Å². The van der Waals surface area contributed by atoms with Crippen molar-refractivity contribution in [2.75, 3.05) is 11.9 Å². The molecular formula is C24H21BrN2O4S. The number of aryl methyl sites for hydroxylation is 1. The zero-order chi connectivity index (χ0) is 22.8. The molecule has 32 heavy (non-hydrogen) atoms. The Morgan fingerprint density at radius 2 is 1.84 bits per heavy atom. The number of hydrogen-bond acceptors (Lipinski definition) is 5. The first-order chi connectivity index (χ1) is 15.3. The maximum Gasteiger partial charge on any atom is 0.307 e. The summed E-state index contributed by atoms with van der Waals surface area (Å²) in [5, 5.41) is 2.21. The number of nitrogens with one attached hydrogen (secondary N) is 1. The van der Waals surface area contributed by atoms with Crippen LogP contribution in [0.4, 0.5) is 5.69 Å². The highest BCUT2D eigenvalue weighted by Gasteiger charge is 2.29. The lowest BCUT2D eigenvalue weighted by Crippen LogP contribution is -2.31. The number of hydrogen-bond donors (Lipinski definition) is 1. The predicted molar refractivity (Wildman–Crippen MR) is 128 cm³/mol. The van der Waals surface area contributed by atoms with Crippen molar-refractivity contribution >= 4 is 51.0 Å². The summed E-state index contributed by atoms with van der Waals surface area (Å²) in [7, 11) is 0. The van der Waals surface area contributed by atoms with E-state index in [0.29, 0.717) is 5.56 Å². The van der Waals surface area contributed by atoms with Crippen molar-refractivity contribution < 1.29 is 19.1 Å². The van der Waals surface area contributed by atoms with Crippen LogP contribution in [0, 0.1) is 13.8 Å². The van der Waals surface area contributed by atoms with Crippen LogP contribution in [0.25, 0.3) is 5.69 Å². The van der Waals surface area contributed by atoms with Crippen molar-refractivity contribution in [3.8, 4) is 5.69 Å². The second-order valence-electron chi connectivity index (χ2n) is 7.48. The van der Waals surface area contributed by atoms with Crippen LogP contribution in [0.15, 0.2) is 64.0 Å².